The van der Waals surface area contributed by atoms with Gasteiger partial charge in [-0.1, -0.05) is 12.8 Å². The first-order valence-electron chi connectivity index (χ1n) is 8.50. The van der Waals surface area contributed by atoms with Gasteiger partial charge in [0.15, 0.2) is 0 Å². The smallest absolute Gasteiger partial charge is 0.326 e. The van der Waals surface area contributed by atoms with Crippen molar-refractivity contribution in [3.8, 4) is 0 Å². The Labute approximate surface area is 125 Å². The molecule has 4 fully saturated rings. The first-order valence-corrected chi connectivity index (χ1v) is 8.50. The van der Waals surface area contributed by atoms with Gasteiger partial charge in [0.2, 0.25) is 0 Å². The number of nitrogens with zero attached hydrogens (tertiary/aromatic N) is 1. The average molecular weight is 291 g/mol. The van der Waals surface area contributed by atoms with E-state index in [1.165, 1.54) is 38.5 Å². The lowest BCUT2D eigenvalue weighted by atomic mass is 9.88. The van der Waals surface area contributed by atoms with E-state index in [4.69, 9.17) is 5.73 Å². The third-order valence-corrected chi connectivity index (χ3v) is 6.58. The Morgan fingerprint density at radius 1 is 0.857 bits per heavy atom. The van der Waals surface area contributed by atoms with Crippen LogP contribution in [0.25, 0.3) is 0 Å². The molecule has 5 nitrogen and oxygen atoms in total. The second-order valence-electron chi connectivity index (χ2n) is 7.69. The number of carbonyl (C=O) groups is 2. The molecule has 0 aromatic rings. The molecule has 6 unspecified atom stereocenters. The minimum Gasteiger partial charge on any atom is -0.351 e. The summed E-state index contributed by atoms with van der Waals surface area (Å²) in [4.78, 5) is 25.8. The van der Waals surface area contributed by atoms with Crippen LogP contribution < -0.4 is 11.1 Å². The second-order valence-corrected chi connectivity index (χ2v) is 7.69. The van der Waals surface area contributed by atoms with Crippen LogP contribution in [0.4, 0.5) is 9.59 Å². The standard InChI is InChI=1S/C16H25N3O2/c17-15(20)18-16(21)19(13-7-9-1-3-11(13)5-9)14-8-10-2-4-12(14)6-10/h9-14H,1-8H2,(H3,17,18,20,21). The number of fused-ring (bicyclic) bond motifs is 4. The third kappa shape index (κ3) is 2.21. The minimum atomic E-state index is -0.726. The van der Waals surface area contributed by atoms with Crippen molar-refractivity contribution >= 4 is 12.1 Å². The van der Waals surface area contributed by atoms with E-state index in [0.29, 0.717) is 23.9 Å². The highest BCUT2D eigenvalue weighted by atomic mass is 16.2. The number of urea groups is 2. The Balaban J connectivity index is 1.56. The summed E-state index contributed by atoms with van der Waals surface area (Å²) in [5.41, 5.74) is 5.18. The zero-order valence-corrected chi connectivity index (χ0v) is 12.5. The zero-order chi connectivity index (χ0) is 14.6. The Morgan fingerprint density at radius 2 is 1.38 bits per heavy atom. The maximum atomic E-state index is 12.6. The quantitative estimate of drug-likeness (QED) is 0.820. The van der Waals surface area contributed by atoms with E-state index in [0.717, 1.165) is 24.7 Å². The van der Waals surface area contributed by atoms with Gasteiger partial charge >= 0.3 is 12.1 Å². The summed E-state index contributed by atoms with van der Waals surface area (Å²) >= 11 is 0. The van der Waals surface area contributed by atoms with E-state index in [2.05, 4.69) is 10.2 Å². The van der Waals surface area contributed by atoms with Crippen LogP contribution in [0.1, 0.15) is 51.4 Å². The molecule has 4 saturated carbocycles. The summed E-state index contributed by atoms with van der Waals surface area (Å²) in [6, 6.07) is -0.284. The van der Waals surface area contributed by atoms with Crippen LogP contribution in [0.3, 0.4) is 0 Å². The predicted molar refractivity (Wildman–Crippen MR) is 78.4 cm³/mol. The van der Waals surface area contributed by atoms with Crippen LogP contribution >= 0.6 is 0 Å². The molecule has 6 atom stereocenters. The molecule has 21 heavy (non-hydrogen) atoms. The van der Waals surface area contributed by atoms with E-state index < -0.39 is 6.03 Å². The van der Waals surface area contributed by atoms with E-state index in [1.807, 2.05) is 0 Å². The lowest BCUT2D eigenvalue weighted by Gasteiger charge is -2.41. The van der Waals surface area contributed by atoms with Gasteiger partial charge in [-0.15, -0.1) is 0 Å². The van der Waals surface area contributed by atoms with E-state index in [1.54, 1.807) is 0 Å². The highest BCUT2D eigenvalue weighted by molar-refractivity contribution is 5.92. The minimum absolute atomic E-state index is 0.238. The fourth-order valence-corrected chi connectivity index (χ4v) is 5.82. The summed E-state index contributed by atoms with van der Waals surface area (Å²) in [6.07, 6.45) is 9.94. The van der Waals surface area contributed by atoms with Crippen LogP contribution in [-0.2, 0) is 0 Å². The summed E-state index contributed by atoms with van der Waals surface area (Å²) in [5, 5.41) is 2.34. The lowest BCUT2D eigenvalue weighted by Crippen LogP contribution is -2.56. The molecule has 0 aliphatic heterocycles. The van der Waals surface area contributed by atoms with Gasteiger partial charge in [0.1, 0.15) is 0 Å². The lowest BCUT2D eigenvalue weighted by molar-refractivity contribution is 0.0907. The number of primary amides is 1. The number of imide groups is 1. The molecule has 4 rings (SSSR count). The molecule has 5 heteroatoms. The van der Waals surface area contributed by atoms with E-state index in [-0.39, 0.29) is 6.03 Å². The maximum absolute atomic E-state index is 12.6. The monoisotopic (exact) mass is 291 g/mol. The summed E-state index contributed by atoms with van der Waals surface area (Å²) in [5.74, 6) is 2.88. The zero-order valence-electron chi connectivity index (χ0n) is 12.5. The van der Waals surface area contributed by atoms with Crippen molar-refractivity contribution in [2.75, 3.05) is 0 Å². The number of amides is 4. The highest BCUT2D eigenvalue weighted by Gasteiger charge is 2.50. The van der Waals surface area contributed by atoms with Crippen molar-refractivity contribution < 1.29 is 9.59 Å². The first kappa shape index (κ1) is 13.4. The number of rotatable bonds is 2. The number of nitrogens with two attached hydrogens (primary N) is 1. The molecule has 4 aliphatic rings. The molecule has 3 N–H and O–H groups in total. The molecule has 4 aliphatic carbocycles. The van der Waals surface area contributed by atoms with Gasteiger partial charge in [0, 0.05) is 12.1 Å². The Kier molecular flexibility index (Phi) is 3.12. The second kappa shape index (κ2) is 4.89. The Morgan fingerprint density at radius 3 is 1.71 bits per heavy atom. The third-order valence-electron chi connectivity index (χ3n) is 6.58. The maximum Gasteiger partial charge on any atom is 0.326 e. The molecular formula is C16H25N3O2. The first-order chi connectivity index (χ1) is 10.1. The number of hydrogen-bond acceptors (Lipinski definition) is 2. The number of nitrogens with one attached hydrogen (secondary N) is 1. The normalized spacial score (nSPS) is 43.2. The molecular weight excluding hydrogens is 266 g/mol. The molecule has 0 saturated heterocycles. The van der Waals surface area contributed by atoms with Gasteiger partial charge in [-0.25, -0.2) is 9.59 Å². The van der Waals surface area contributed by atoms with Crippen molar-refractivity contribution in [3.63, 3.8) is 0 Å². The van der Waals surface area contributed by atoms with Crippen LogP contribution in [0, 0.1) is 23.7 Å². The molecule has 0 spiro atoms. The highest BCUT2D eigenvalue weighted by Crippen LogP contribution is 2.52. The van der Waals surface area contributed by atoms with Crippen molar-refractivity contribution in [2.24, 2.45) is 29.4 Å². The Hall–Kier alpha value is -1.26. The largest absolute Gasteiger partial charge is 0.351 e. The molecule has 4 bridgehead atoms. The van der Waals surface area contributed by atoms with Gasteiger partial charge < -0.3 is 10.6 Å². The van der Waals surface area contributed by atoms with Crippen LogP contribution in [0.5, 0.6) is 0 Å². The van der Waals surface area contributed by atoms with Crippen molar-refractivity contribution in [1.29, 1.82) is 0 Å². The number of hydrogen-bond donors (Lipinski definition) is 2. The van der Waals surface area contributed by atoms with E-state index in [9.17, 15) is 9.59 Å². The van der Waals surface area contributed by atoms with Crippen molar-refractivity contribution in [3.05, 3.63) is 0 Å². The molecule has 4 amide bonds. The molecule has 0 aromatic carbocycles. The van der Waals surface area contributed by atoms with Crippen LogP contribution in [0.2, 0.25) is 0 Å². The summed E-state index contributed by atoms with van der Waals surface area (Å²) in [6.45, 7) is 0. The molecule has 0 aromatic heterocycles. The molecule has 0 heterocycles. The predicted octanol–water partition coefficient (Wildman–Crippen LogP) is 2.45. The Bertz CT molecular complexity index is 438. The molecule has 0 radical (unpaired) electrons. The fraction of sp³-hybridized carbons (Fsp3) is 0.875. The van der Waals surface area contributed by atoms with Gasteiger partial charge in [0.25, 0.3) is 0 Å². The summed E-state index contributed by atoms with van der Waals surface area (Å²) < 4.78 is 0. The SMILES string of the molecule is NC(=O)NC(=O)N(C1CC2CCC1C2)C1CC2CCC1C2. The van der Waals surface area contributed by atoms with Crippen LogP contribution in [0.15, 0.2) is 0 Å². The molecule has 116 valence electrons. The summed E-state index contributed by atoms with van der Waals surface area (Å²) in [7, 11) is 0. The van der Waals surface area contributed by atoms with Crippen LogP contribution in [-0.4, -0.2) is 29.0 Å². The van der Waals surface area contributed by atoms with Gasteiger partial charge in [-0.2, -0.15) is 0 Å². The van der Waals surface area contributed by atoms with Crippen molar-refractivity contribution in [1.82, 2.24) is 10.2 Å². The van der Waals surface area contributed by atoms with Crippen molar-refractivity contribution in [2.45, 2.75) is 63.5 Å². The fourth-order valence-electron chi connectivity index (χ4n) is 5.82. The van der Waals surface area contributed by atoms with E-state index >= 15 is 0 Å². The van der Waals surface area contributed by atoms with Gasteiger partial charge in [0.05, 0.1) is 0 Å². The average Bonchev–Trinajstić information content (AvgIpc) is 3.19. The van der Waals surface area contributed by atoms with Gasteiger partial charge in [-0.3, -0.25) is 5.32 Å². The number of carbonyl (C=O) groups excluding carboxylic acids is 2. The topological polar surface area (TPSA) is 75.4 Å². The van der Waals surface area contributed by atoms with Gasteiger partial charge in [-0.05, 0) is 62.2 Å².